The molecule has 0 atom stereocenters. The number of aryl methyl sites for hydroxylation is 4. The number of nitrogens with zero attached hydrogens (tertiary/aromatic N) is 2. The first-order chi connectivity index (χ1) is 15.1. The van der Waals surface area contributed by atoms with Crippen LogP contribution in [-0.4, -0.2) is 28.1 Å². The van der Waals surface area contributed by atoms with E-state index in [1.54, 1.807) is 19.1 Å². The van der Waals surface area contributed by atoms with Crippen LogP contribution in [0, 0.1) is 19.1 Å². The summed E-state index contributed by atoms with van der Waals surface area (Å²) >= 11 is 0. The molecule has 0 aliphatic rings. The molecule has 2 rings (SSSR count). The Morgan fingerprint density at radius 3 is 1.82 bits per heavy atom. The SMILES string of the molecule is Cc1cc(CCC(=O)OC(C)(C)C)cc(-c2cc(CCC(=O)OC(C)(C)C)cc(C)[n+]2[O-])n1. The molecule has 0 spiro atoms. The third-order valence-electron chi connectivity index (χ3n) is 4.61. The topological polar surface area (TPSA) is 92.4 Å². The molecule has 0 N–H and O–H groups in total. The molecule has 7 nitrogen and oxygen atoms in total. The second kappa shape index (κ2) is 10.3. The minimum absolute atomic E-state index is 0.224. The Kier molecular flexibility index (Phi) is 8.22. The molecule has 180 valence electrons. The first kappa shape index (κ1) is 26.3. The van der Waals surface area contributed by atoms with Gasteiger partial charge in [-0.2, -0.15) is 4.73 Å². The lowest BCUT2D eigenvalue weighted by atomic mass is 10.0. The summed E-state index contributed by atoms with van der Waals surface area (Å²) in [5.74, 6) is -0.545. The van der Waals surface area contributed by atoms with Gasteiger partial charge in [0.15, 0.2) is 5.69 Å². The molecule has 0 unspecified atom stereocenters. The summed E-state index contributed by atoms with van der Waals surface area (Å²) in [5.41, 5.74) is 2.92. The van der Waals surface area contributed by atoms with Crippen molar-refractivity contribution in [3.05, 3.63) is 52.0 Å². The van der Waals surface area contributed by atoms with Crippen molar-refractivity contribution in [1.29, 1.82) is 0 Å². The van der Waals surface area contributed by atoms with Gasteiger partial charge in [0.25, 0.3) is 0 Å². The maximum absolute atomic E-state index is 12.8. The van der Waals surface area contributed by atoms with Gasteiger partial charge in [-0.05, 0) is 84.6 Å². The van der Waals surface area contributed by atoms with Crippen LogP contribution < -0.4 is 4.73 Å². The Hall–Kier alpha value is -2.96. The van der Waals surface area contributed by atoms with Crippen molar-refractivity contribution in [2.24, 2.45) is 0 Å². The van der Waals surface area contributed by atoms with E-state index in [-0.39, 0.29) is 24.8 Å². The normalized spacial score (nSPS) is 11.9. The summed E-state index contributed by atoms with van der Waals surface area (Å²) in [7, 11) is 0. The minimum Gasteiger partial charge on any atom is -0.618 e. The molecule has 33 heavy (non-hydrogen) atoms. The van der Waals surface area contributed by atoms with Gasteiger partial charge in [-0.1, -0.05) is 0 Å². The predicted molar refractivity (Wildman–Crippen MR) is 126 cm³/mol. The summed E-state index contributed by atoms with van der Waals surface area (Å²) < 4.78 is 11.6. The number of carbonyl (C=O) groups is 2. The second-order valence-electron chi connectivity index (χ2n) is 10.4. The molecular formula is C26H36N2O5. The summed E-state index contributed by atoms with van der Waals surface area (Å²) in [6.07, 6.45) is 1.41. The van der Waals surface area contributed by atoms with Crippen LogP contribution in [0.5, 0.6) is 0 Å². The van der Waals surface area contributed by atoms with E-state index >= 15 is 0 Å². The molecule has 0 aromatic carbocycles. The lowest BCUT2D eigenvalue weighted by Crippen LogP contribution is -2.33. The average Bonchev–Trinajstić information content (AvgIpc) is 2.64. The highest BCUT2D eigenvalue weighted by Gasteiger charge is 2.20. The maximum atomic E-state index is 12.8. The highest BCUT2D eigenvalue weighted by molar-refractivity contribution is 5.71. The van der Waals surface area contributed by atoms with Crippen molar-refractivity contribution in [3.63, 3.8) is 0 Å². The predicted octanol–water partition coefficient (Wildman–Crippen LogP) is 4.55. The highest BCUT2D eigenvalue weighted by atomic mass is 16.6. The van der Waals surface area contributed by atoms with Crippen LogP contribution in [0.3, 0.4) is 0 Å². The Labute approximate surface area is 196 Å². The van der Waals surface area contributed by atoms with E-state index in [2.05, 4.69) is 4.98 Å². The van der Waals surface area contributed by atoms with Crippen molar-refractivity contribution in [2.75, 3.05) is 0 Å². The van der Waals surface area contributed by atoms with Gasteiger partial charge < -0.3 is 14.7 Å². The van der Waals surface area contributed by atoms with E-state index in [9.17, 15) is 14.8 Å². The standard InChI is InChI=1S/C26H36N2O5/c1-17-13-19(9-11-23(29)32-25(3,4)5)15-21(27-17)22-16-20(14-18(2)28(22)31)10-12-24(30)33-26(6,7)8/h13-16H,9-12H2,1-8H3. The molecular weight excluding hydrogens is 420 g/mol. The summed E-state index contributed by atoms with van der Waals surface area (Å²) in [5, 5.41) is 12.8. The lowest BCUT2D eigenvalue weighted by molar-refractivity contribution is -0.600. The Morgan fingerprint density at radius 1 is 0.848 bits per heavy atom. The van der Waals surface area contributed by atoms with Gasteiger partial charge in [0, 0.05) is 37.6 Å². The Bertz CT molecular complexity index is 1020. The number of pyridine rings is 2. The van der Waals surface area contributed by atoms with Gasteiger partial charge in [-0.3, -0.25) is 9.59 Å². The fraction of sp³-hybridized carbons (Fsp3) is 0.538. The van der Waals surface area contributed by atoms with Gasteiger partial charge in [-0.15, -0.1) is 0 Å². The molecule has 2 heterocycles. The first-order valence-corrected chi connectivity index (χ1v) is 11.3. The number of aromatic nitrogens is 2. The van der Waals surface area contributed by atoms with E-state index in [0.29, 0.717) is 29.9 Å². The molecule has 0 aliphatic heterocycles. The smallest absolute Gasteiger partial charge is 0.306 e. The van der Waals surface area contributed by atoms with E-state index in [0.717, 1.165) is 21.6 Å². The highest BCUT2D eigenvalue weighted by Crippen LogP contribution is 2.21. The van der Waals surface area contributed by atoms with E-state index in [1.807, 2.05) is 60.6 Å². The molecule has 0 amide bonds. The number of hydrogen-bond acceptors (Lipinski definition) is 6. The second-order valence-corrected chi connectivity index (χ2v) is 10.4. The van der Waals surface area contributed by atoms with Gasteiger partial charge in [0.2, 0.25) is 5.69 Å². The fourth-order valence-corrected chi connectivity index (χ4v) is 3.41. The number of carbonyl (C=O) groups excluding carboxylic acids is 2. The van der Waals surface area contributed by atoms with Gasteiger partial charge in [-0.25, -0.2) is 4.98 Å². The molecule has 7 heteroatoms. The van der Waals surface area contributed by atoms with Crippen LogP contribution >= 0.6 is 0 Å². The summed E-state index contributed by atoms with van der Waals surface area (Å²) in [6, 6.07) is 7.28. The third-order valence-corrected chi connectivity index (χ3v) is 4.61. The zero-order valence-corrected chi connectivity index (χ0v) is 21.1. The molecule has 0 aliphatic carbocycles. The number of esters is 2. The number of rotatable bonds is 7. The van der Waals surface area contributed by atoms with E-state index < -0.39 is 11.2 Å². The minimum atomic E-state index is -0.534. The summed E-state index contributed by atoms with van der Waals surface area (Å²) in [4.78, 5) is 28.8. The van der Waals surface area contributed by atoms with Crippen LogP contribution in [0.4, 0.5) is 0 Å². The van der Waals surface area contributed by atoms with Crippen LogP contribution in [-0.2, 0) is 31.9 Å². The number of hydrogen-bond donors (Lipinski definition) is 0. The van der Waals surface area contributed by atoms with Crippen molar-refractivity contribution in [1.82, 2.24) is 4.98 Å². The molecule has 0 fully saturated rings. The molecule has 2 aromatic heterocycles. The number of ether oxygens (including phenoxy) is 2. The van der Waals surface area contributed by atoms with Crippen molar-refractivity contribution in [3.8, 4) is 11.4 Å². The lowest BCUT2D eigenvalue weighted by Gasteiger charge is -2.19. The molecule has 0 bridgehead atoms. The molecule has 0 radical (unpaired) electrons. The fourth-order valence-electron chi connectivity index (χ4n) is 3.41. The van der Waals surface area contributed by atoms with Crippen molar-refractivity contribution < 1.29 is 23.8 Å². The average molecular weight is 457 g/mol. The van der Waals surface area contributed by atoms with Gasteiger partial charge >= 0.3 is 11.9 Å². The third kappa shape index (κ3) is 8.83. The zero-order chi connectivity index (χ0) is 25.0. The van der Waals surface area contributed by atoms with Crippen molar-refractivity contribution in [2.45, 2.75) is 92.3 Å². The molecule has 2 aromatic rings. The van der Waals surface area contributed by atoms with Gasteiger partial charge in [0.05, 0.1) is 0 Å². The first-order valence-electron chi connectivity index (χ1n) is 11.3. The molecule has 0 saturated heterocycles. The van der Waals surface area contributed by atoms with E-state index in [1.165, 1.54) is 0 Å². The zero-order valence-electron chi connectivity index (χ0n) is 21.1. The van der Waals surface area contributed by atoms with Crippen LogP contribution in [0.1, 0.15) is 76.9 Å². The van der Waals surface area contributed by atoms with Crippen LogP contribution in [0.15, 0.2) is 24.3 Å². The quantitative estimate of drug-likeness (QED) is 0.345. The summed E-state index contributed by atoms with van der Waals surface area (Å²) in [6.45, 7) is 14.6. The Morgan fingerprint density at radius 2 is 1.33 bits per heavy atom. The van der Waals surface area contributed by atoms with Crippen LogP contribution in [0.25, 0.3) is 11.4 Å². The molecule has 0 saturated carbocycles. The van der Waals surface area contributed by atoms with Gasteiger partial charge in [0.1, 0.15) is 16.9 Å². The monoisotopic (exact) mass is 456 g/mol. The largest absolute Gasteiger partial charge is 0.618 e. The van der Waals surface area contributed by atoms with Crippen molar-refractivity contribution >= 4 is 11.9 Å². The van der Waals surface area contributed by atoms with Crippen LogP contribution in [0.2, 0.25) is 0 Å². The van der Waals surface area contributed by atoms with E-state index in [4.69, 9.17) is 9.47 Å². The Balaban J connectivity index is 2.23. The maximum Gasteiger partial charge on any atom is 0.306 e.